The lowest BCUT2D eigenvalue weighted by Crippen LogP contribution is -2.09. The third-order valence-electron chi connectivity index (χ3n) is 1.73. The Morgan fingerprint density at radius 2 is 2.40 bits per heavy atom. The molecule has 0 spiro atoms. The average molecular weight is 137 g/mol. The van der Waals surface area contributed by atoms with Crippen LogP contribution in [-0.2, 0) is 0 Å². The van der Waals surface area contributed by atoms with Crippen LogP contribution >= 0.6 is 0 Å². The van der Waals surface area contributed by atoms with E-state index in [4.69, 9.17) is 5.73 Å². The summed E-state index contributed by atoms with van der Waals surface area (Å²) in [4.78, 5) is 0. The van der Waals surface area contributed by atoms with Crippen molar-refractivity contribution in [2.75, 3.05) is 0 Å². The predicted molar refractivity (Wildman–Crippen MR) is 44.7 cm³/mol. The summed E-state index contributed by atoms with van der Waals surface area (Å²) >= 11 is 0. The van der Waals surface area contributed by atoms with Gasteiger partial charge in [-0.3, -0.25) is 0 Å². The van der Waals surface area contributed by atoms with E-state index < -0.39 is 0 Å². The van der Waals surface area contributed by atoms with Crippen LogP contribution in [0.25, 0.3) is 0 Å². The van der Waals surface area contributed by atoms with Crippen LogP contribution in [0.2, 0.25) is 0 Å². The van der Waals surface area contributed by atoms with Gasteiger partial charge in [0.05, 0.1) is 0 Å². The summed E-state index contributed by atoms with van der Waals surface area (Å²) in [6, 6.07) is 0.203. The van der Waals surface area contributed by atoms with Gasteiger partial charge in [-0.2, -0.15) is 0 Å². The molecule has 0 heterocycles. The van der Waals surface area contributed by atoms with E-state index in [-0.39, 0.29) is 6.04 Å². The lowest BCUT2D eigenvalue weighted by atomic mass is 10.2. The molecule has 2 N–H and O–H groups in total. The summed E-state index contributed by atoms with van der Waals surface area (Å²) in [5, 5.41) is 0. The zero-order valence-corrected chi connectivity index (χ0v) is 6.67. The molecule has 1 aliphatic carbocycles. The fourth-order valence-corrected chi connectivity index (χ4v) is 0.946. The van der Waals surface area contributed by atoms with Crippen LogP contribution in [0.4, 0.5) is 0 Å². The lowest BCUT2D eigenvalue weighted by Gasteiger charge is -1.92. The van der Waals surface area contributed by atoms with Crippen molar-refractivity contribution in [3.05, 3.63) is 23.8 Å². The van der Waals surface area contributed by atoms with Gasteiger partial charge in [-0.25, -0.2) is 0 Å². The van der Waals surface area contributed by atoms with Crippen LogP contribution in [0.15, 0.2) is 23.8 Å². The molecule has 0 saturated carbocycles. The van der Waals surface area contributed by atoms with Crippen molar-refractivity contribution >= 4 is 0 Å². The van der Waals surface area contributed by atoms with Crippen LogP contribution in [0, 0.1) is 5.92 Å². The quantitative estimate of drug-likeness (QED) is 0.590. The maximum atomic E-state index is 5.53. The standard InChI is InChI=1S/C9H15N/c1-7-6-9(7)5-3-4-8(2)10/h3-4,6-8H,5,10H2,1-2H3/t7?,8-/m1/s1. The highest BCUT2D eigenvalue weighted by molar-refractivity contribution is 5.29. The molecule has 1 heteroatoms. The normalized spacial score (nSPS) is 26.7. The summed E-state index contributed by atoms with van der Waals surface area (Å²) < 4.78 is 0. The smallest absolute Gasteiger partial charge is 0.0194 e. The molecular weight excluding hydrogens is 122 g/mol. The molecule has 2 atom stereocenters. The van der Waals surface area contributed by atoms with Crippen LogP contribution in [0.1, 0.15) is 20.3 Å². The topological polar surface area (TPSA) is 26.0 Å². The molecule has 0 radical (unpaired) electrons. The first-order chi connectivity index (χ1) is 4.70. The highest BCUT2D eigenvalue weighted by Gasteiger charge is 2.16. The fraction of sp³-hybridized carbons (Fsp3) is 0.556. The van der Waals surface area contributed by atoms with Crippen molar-refractivity contribution in [3.63, 3.8) is 0 Å². The minimum Gasteiger partial charge on any atom is -0.325 e. The van der Waals surface area contributed by atoms with Crippen molar-refractivity contribution in [1.82, 2.24) is 0 Å². The minimum absolute atomic E-state index is 0.203. The molecule has 0 bridgehead atoms. The van der Waals surface area contributed by atoms with Gasteiger partial charge in [0.2, 0.25) is 0 Å². The average Bonchev–Trinajstić information content (AvgIpc) is 2.46. The Kier molecular flexibility index (Phi) is 2.28. The van der Waals surface area contributed by atoms with E-state index >= 15 is 0 Å². The molecule has 0 aromatic rings. The third-order valence-corrected chi connectivity index (χ3v) is 1.73. The van der Waals surface area contributed by atoms with E-state index in [1.165, 1.54) is 0 Å². The molecule has 1 unspecified atom stereocenters. The van der Waals surface area contributed by atoms with E-state index in [1.807, 2.05) is 13.0 Å². The van der Waals surface area contributed by atoms with E-state index in [2.05, 4.69) is 19.1 Å². The van der Waals surface area contributed by atoms with Gasteiger partial charge < -0.3 is 5.73 Å². The van der Waals surface area contributed by atoms with Gasteiger partial charge in [-0.05, 0) is 19.3 Å². The molecule has 0 amide bonds. The molecule has 1 rings (SSSR count). The maximum Gasteiger partial charge on any atom is 0.0194 e. The van der Waals surface area contributed by atoms with E-state index in [9.17, 15) is 0 Å². The number of hydrogen-bond acceptors (Lipinski definition) is 1. The molecule has 10 heavy (non-hydrogen) atoms. The Hall–Kier alpha value is -0.560. The number of rotatable bonds is 3. The second kappa shape index (κ2) is 3.02. The van der Waals surface area contributed by atoms with Crippen molar-refractivity contribution in [2.24, 2.45) is 11.7 Å². The number of hydrogen-bond donors (Lipinski definition) is 1. The Morgan fingerprint density at radius 3 is 2.80 bits per heavy atom. The summed E-state index contributed by atoms with van der Waals surface area (Å²) in [5.74, 6) is 0.762. The summed E-state index contributed by atoms with van der Waals surface area (Å²) in [6.45, 7) is 4.20. The van der Waals surface area contributed by atoms with Crippen LogP contribution in [-0.4, -0.2) is 6.04 Å². The Bertz CT molecular complexity index is 166. The third kappa shape index (κ3) is 2.36. The van der Waals surface area contributed by atoms with Crippen molar-refractivity contribution in [3.8, 4) is 0 Å². The van der Waals surface area contributed by atoms with Gasteiger partial charge in [0, 0.05) is 6.04 Å². The van der Waals surface area contributed by atoms with E-state index in [0.29, 0.717) is 0 Å². The molecule has 1 nitrogen and oxygen atoms in total. The molecule has 0 aromatic carbocycles. The zero-order valence-electron chi connectivity index (χ0n) is 6.67. The molecule has 0 fully saturated rings. The summed E-state index contributed by atoms with van der Waals surface area (Å²) in [5.41, 5.74) is 7.08. The van der Waals surface area contributed by atoms with Gasteiger partial charge in [-0.1, -0.05) is 30.7 Å². The molecule has 56 valence electrons. The Morgan fingerprint density at radius 1 is 1.80 bits per heavy atom. The highest BCUT2D eigenvalue weighted by atomic mass is 14.6. The Labute approximate surface area is 62.6 Å². The van der Waals surface area contributed by atoms with Gasteiger partial charge in [0.15, 0.2) is 0 Å². The van der Waals surface area contributed by atoms with Crippen molar-refractivity contribution in [2.45, 2.75) is 26.3 Å². The molecule has 1 aliphatic rings. The summed E-state index contributed by atoms with van der Waals surface area (Å²) in [7, 11) is 0. The van der Waals surface area contributed by atoms with Gasteiger partial charge >= 0.3 is 0 Å². The highest BCUT2D eigenvalue weighted by Crippen LogP contribution is 2.30. The van der Waals surface area contributed by atoms with Crippen LogP contribution in [0.3, 0.4) is 0 Å². The van der Waals surface area contributed by atoms with Crippen LogP contribution < -0.4 is 5.73 Å². The first-order valence-electron chi connectivity index (χ1n) is 3.83. The molecule has 0 aromatic heterocycles. The predicted octanol–water partition coefficient (Wildman–Crippen LogP) is 1.86. The van der Waals surface area contributed by atoms with Crippen molar-refractivity contribution in [1.29, 1.82) is 0 Å². The van der Waals surface area contributed by atoms with Gasteiger partial charge in [0.25, 0.3) is 0 Å². The molecule has 0 aliphatic heterocycles. The second-order valence-electron chi connectivity index (χ2n) is 3.02. The van der Waals surface area contributed by atoms with E-state index in [1.54, 1.807) is 5.57 Å². The van der Waals surface area contributed by atoms with Gasteiger partial charge in [0.1, 0.15) is 0 Å². The number of nitrogens with two attached hydrogens (primary N) is 1. The second-order valence-corrected chi connectivity index (χ2v) is 3.02. The van der Waals surface area contributed by atoms with Crippen molar-refractivity contribution < 1.29 is 0 Å². The lowest BCUT2D eigenvalue weighted by molar-refractivity contribution is 0.915. The largest absolute Gasteiger partial charge is 0.325 e. The molecular formula is C9H15N. The number of allylic oxidation sites excluding steroid dienone is 3. The molecule has 0 saturated heterocycles. The minimum atomic E-state index is 0.203. The van der Waals surface area contributed by atoms with Crippen LogP contribution in [0.5, 0.6) is 0 Å². The Balaban J connectivity index is 2.11. The first-order valence-corrected chi connectivity index (χ1v) is 3.83. The first kappa shape index (κ1) is 7.55. The zero-order chi connectivity index (χ0) is 7.56. The van der Waals surface area contributed by atoms with Gasteiger partial charge in [-0.15, -0.1) is 0 Å². The van der Waals surface area contributed by atoms with E-state index in [0.717, 1.165) is 12.3 Å². The maximum absolute atomic E-state index is 5.53. The monoisotopic (exact) mass is 137 g/mol. The SMILES string of the molecule is CC1C=C1CC=C[C@@H](C)N. The summed E-state index contributed by atoms with van der Waals surface area (Å²) in [6.07, 6.45) is 7.58. The fourth-order valence-electron chi connectivity index (χ4n) is 0.946.